The number of hydrogen-bond donors (Lipinski definition) is 2. The van der Waals surface area contributed by atoms with Crippen LogP contribution in [0.15, 0.2) is 84.0 Å². The number of sulfonamides is 1. The van der Waals surface area contributed by atoms with Crippen LogP contribution in [0.25, 0.3) is 10.8 Å². The molecular weight excluding hydrogens is 614 g/mol. The van der Waals surface area contributed by atoms with Crippen LogP contribution in [0.2, 0.25) is 0 Å². The van der Waals surface area contributed by atoms with E-state index in [1.54, 1.807) is 44.5 Å². The first-order chi connectivity index (χ1) is 21.3. The summed E-state index contributed by atoms with van der Waals surface area (Å²) in [5.74, 6) is 5.77. The van der Waals surface area contributed by atoms with Crippen molar-refractivity contribution in [3.63, 3.8) is 0 Å². The molecule has 0 saturated carbocycles. The highest BCUT2D eigenvalue weighted by Gasteiger charge is 2.27. The van der Waals surface area contributed by atoms with Crippen molar-refractivity contribution >= 4 is 45.4 Å². The van der Waals surface area contributed by atoms with Gasteiger partial charge in [-0.25, -0.2) is 17.9 Å². The summed E-state index contributed by atoms with van der Waals surface area (Å²) in [6.45, 7) is 2.25. The standard InChI is InChI=1S/C34H37N3O6S.ClH/c1-3-42-34(38)33(28-13-12-26-16-23(20-36-35)10-11-27(26)18-28)43-31-15-14-25-7-5-8-29(32(25)19-31)21-37-44(39,40)22-24-6-4-9-30(17-24)41-2;/h4,6,9-20,29,33,37H,3,5,7-8,21-22,35H2,1-2H3;1H. The number of hydrazone groups is 1. The Labute approximate surface area is 270 Å². The third-order valence-electron chi connectivity index (χ3n) is 7.77. The first kappa shape index (κ1) is 33.8. The molecule has 0 bridgehead atoms. The molecule has 238 valence electrons. The molecule has 3 N–H and O–H groups in total. The number of rotatable bonds is 12. The summed E-state index contributed by atoms with van der Waals surface area (Å²) >= 11 is 0. The summed E-state index contributed by atoms with van der Waals surface area (Å²) in [7, 11) is -2.03. The van der Waals surface area contributed by atoms with E-state index >= 15 is 0 Å². The van der Waals surface area contributed by atoms with Crippen molar-refractivity contribution in [3.05, 3.63) is 107 Å². The molecule has 1 aliphatic rings. The summed E-state index contributed by atoms with van der Waals surface area (Å²) in [6.07, 6.45) is 3.28. The van der Waals surface area contributed by atoms with Crippen LogP contribution in [0.4, 0.5) is 0 Å². The number of nitrogens with zero attached hydrogens (tertiary/aromatic N) is 1. The number of carbonyl (C=O) groups is 1. The van der Waals surface area contributed by atoms with Gasteiger partial charge in [0.05, 0.1) is 25.7 Å². The second-order valence-corrected chi connectivity index (χ2v) is 12.6. The Bertz CT molecular complexity index is 1780. The van der Waals surface area contributed by atoms with Crippen LogP contribution < -0.4 is 20.0 Å². The number of carbonyl (C=O) groups excluding carboxylic acids is 1. The van der Waals surface area contributed by atoms with Crippen molar-refractivity contribution in [1.82, 2.24) is 4.72 Å². The van der Waals surface area contributed by atoms with Gasteiger partial charge in [-0.3, -0.25) is 0 Å². The minimum Gasteiger partial charge on any atom is -0.497 e. The van der Waals surface area contributed by atoms with E-state index in [2.05, 4.69) is 9.82 Å². The van der Waals surface area contributed by atoms with Gasteiger partial charge in [-0.05, 0) is 102 Å². The molecule has 0 heterocycles. The summed E-state index contributed by atoms with van der Waals surface area (Å²) in [4.78, 5) is 13.1. The van der Waals surface area contributed by atoms with E-state index in [0.717, 1.165) is 46.7 Å². The molecule has 0 radical (unpaired) electrons. The lowest BCUT2D eigenvalue weighted by molar-refractivity contribution is -0.151. The van der Waals surface area contributed by atoms with Crippen molar-refractivity contribution in [1.29, 1.82) is 0 Å². The highest BCUT2D eigenvalue weighted by molar-refractivity contribution is 7.88. The number of ether oxygens (including phenoxy) is 3. The van der Waals surface area contributed by atoms with Crippen LogP contribution in [0.5, 0.6) is 11.5 Å². The molecule has 2 unspecified atom stereocenters. The van der Waals surface area contributed by atoms with Crippen molar-refractivity contribution < 1.29 is 27.4 Å². The first-order valence-corrected chi connectivity index (χ1v) is 16.3. The smallest absolute Gasteiger partial charge is 0.352 e. The Balaban J connectivity index is 0.00000461. The molecule has 0 saturated heterocycles. The highest BCUT2D eigenvalue weighted by Crippen LogP contribution is 2.36. The van der Waals surface area contributed by atoms with E-state index in [4.69, 9.17) is 20.1 Å². The molecule has 0 aliphatic heterocycles. The number of benzene rings is 4. The van der Waals surface area contributed by atoms with Gasteiger partial charge in [-0.2, -0.15) is 5.10 Å². The average molecular weight is 652 g/mol. The van der Waals surface area contributed by atoms with E-state index in [0.29, 0.717) is 22.6 Å². The van der Waals surface area contributed by atoms with Gasteiger partial charge >= 0.3 is 5.97 Å². The molecule has 0 aromatic heterocycles. The van der Waals surface area contributed by atoms with Gasteiger partial charge in [0.2, 0.25) is 16.1 Å². The number of esters is 1. The molecule has 0 fully saturated rings. The molecule has 2 atom stereocenters. The maximum Gasteiger partial charge on any atom is 0.352 e. The summed E-state index contributed by atoms with van der Waals surface area (Å²) in [6, 6.07) is 24.3. The third kappa shape index (κ3) is 8.54. The maximum atomic E-state index is 13.1. The van der Waals surface area contributed by atoms with Gasteiger partial charge in [0, 0.05) is 12.1 Å². The molecular formula is C34H38ClN3O6S. The fourth-order valence-electron chi connectivity index (χ4n) is 5.64. The Kier molecular flexibility index (Phi) is 11.4. The topological polar surface area (TPSA) is 129 Å². The summed E-state index contributed by atoms with van der Waals surface area (Å²) in [5, 5.41) is 5.49. The van der Waals surface area contributed by atoms with Crippen molar-refractivity contribution in [3.8, 4) is 11.5 Å². The molecule has 45 heavy (non-hydrogen) atoms. The van der Waals surface area contributed by atoms with E-state index in [1.807, 2.05) is 54.6 Å². The molecule has 4 aromatic rings. The lowest BCUT2D eigenvalue weighted by atomic mass is 9.83. The lowest BCUT2D eigenvalue weighted by Gasteiger charge is -2.27. The molecule has 0 spiro atoms. The minimum absolute atomic E-state index is 0. The van der Waals surface area contributed by atoms with E-state index in [-0.39, 0.29) is 37.2 Å². The minimum atomic E-state index is -3.58. The molecule has 4 aromatic carbocycles. The van der Waals surface area contributed by atoms with Gasteiger partial charge in [0.25, 0.3) is 0 Å². The largest absolute Gasteiger partial charge is 0.497 e. The number of nitrogens with one attached hydrogen (secondary N) is 1. The monoisotopic (exact) mass is 651 g/mol. The van der Waals surface area contributed by atoms with Gasteiger partial charge in [-0.1, -0.05) is 42.5 Å². The molecule has 11 heteroatoms. The van der Waals surface area contributed by atoms with Crippen LogP contribution in [0.3, 0.4) is 0 Å². The predicted octanol–water partition coefficient (Wildman–Crippen LogP) is 5.79. The number of hydrogen-bond acceptors (Lipinski definition) is 8. The SMILES string of the molecule is CCOC(=O)C(Oc1ccc2c(c1)C(CNS(=O)(=O)Cc1cccc(OC)c1)CCC2)c1ccc2cc(C=NN)ccc2c1.Cl. The van der Waals surface area contributed by atoms with Gasteiger partial charge in [-0.15, -0.1) is 12.4 Å². The average Bonchev–Trinajstić information content (AvgIpc) is 3.02. The zero-order valence-electron chi connectivity index (χ0n) is 25.3. The second-order valence-electron chi connectivity index (χ2n) is 10.8. The number of aryl methyl sites for hydroxylation is 1. The van der Waals surface area contributed by atoms with Crippen molar-refractivity contribution in [2.24, 2.45) is 10.9 Å². The Morgan fingerprint density at radius 1 is 1.04 bits per heavy atom. The highest BCUT2D eigenvalue weighted by atomic mass is 35.5. The van der Waals surface area contributed by atoms with E-state index < -0.39 is 22.1 Å². The van der Waals surface area contributed by atoms with Gasteiger partial charge in [0.15, 0.2) is 0 Å². The molecule has 1 aliphatic carbocycles. The maximum absolute atomic E-state index is 13.1. The Morgan fingerprint density at radius 3 is 2.62 bits per heavy atom. The third-order valence-corrected chi connectivity index (χ3v) is 9.09. The first-order valence-electron chi connectivity index (χ1n) is 14.6. The Hall–Kier alpha value is -4.12. The van der Waals surface area contributed by atoms with Crippen LogP contribution in [0, 0.1) is 0 Å². The van der Waals surface area contributed by atoms with Crippen LogP contribution in [0.1, 0.15) is 59.6 Å². The quantitative estimate of drug-likeness (QED) is 0.0859. The molecule has 9 nitrogen and oxygen atoms in total. The molecule has 5 rings (SSSR count). The molecule has 0 amide bonds. The zero-order valence-corrected chi connectivity index (χ0v) is 26.9. The number of halogens is 1. The fraction of sp³-hybridized carbons (Fsp3) is 0.294. The predicted molar refractivity (Wildman–Crippen MR) is 179 cm³/mol. The normalized spacial score (nSPS) is 15.2. The van der Waals surface area contributed by atoms with Crippen LogP contribution in [-0.4, -0.2) is 40.9 Å². The summed E-state index contributed by atoms with van der Waals surface area (Å²) < 4.78 is 45.7. The van der Waals surface area contributed by atoms with E-state index in [9.17, 15) is 13.2 Å². The fourth-order valence-corrected chi connectivity index (χ4v) is 6.81. The van der Waals surface area contributed by atoms with Crippen LogP contribution in [-0.2, 0) is 31.7 Å². The second kappa shape index (κ2) is 15.2. The summed E-state index contributed by atoms with van der Waals surface area (Å²) in [5.41, 5.74) is 4.36. The Morgan fingerprint density at radius 2 is 1.84 bits per heavy atom. The zero-order chi connectivity index (χ0) is 31.1. The lowest BCUT2D eigenvalue weighted by Crippen LogP contribution is -2.31. The van der Waals surface area contributed by atoms with Gasteiger partial charge < -0.3 is 20.1 Å². The van der Waals surface area contributed by atoms with Gasteiger partial charge in [0.1, 0.15) is 11.5 Å². The number of fused-ring (bicyclic) bond motifs is 2. The van der Waals surface area contributed by atoms with Crippen LogP contribution >= 0.6 is 12.4 Å². The van der Waals surface area contributed by atoms with E-state index in [1.165, 1.54) is 0 Å². The van der Waals surface area contributed by atoms with Crippen molar-refractivity contribution in [2.45, 2.75) is 44.0 Å². The number of nitrogens with two attached hydrogens (primary N) is 1. The number of methoxy groups -OCH3 is 1. The van der Waals surface area contributed by atoms with Crippen molar-refractivity contribution in [2.75, 3.05) is 20.3 Å².